The summed E-state index contributed by atoms with van der Waals surface area (Å²) in [5.41, 5.74) is 6.40. The Balaban J connectivity index is 2.30. The van der Waals surface area contributed by atoms with Crippen LogP contribution in [0.25, 0.3) is 0 Å². The Morgan fingerprint density at radius 3 is 2.40 bits per heavy atom. The molecule has 0 saturated heterocycles. The van der Waals surface area contributed by atoms with Crippen molar-refractivity contribution in [2.45, 2.75) is 38.8 Å². The predicted molar refractivity (Wildman–Crippen MR) is 76.5 cm³/mol. The second-order valence-corrected chi connectivity index (χ2v) is 5.61. The summed E-state index contributed by atoms with van der Waals surface area (Å²) in [6.07, 6.45) is 0.374. The molecular formula is C15H23NO4. The Bertz CT molecular complexity index is 422. The van der Waals surface area contributed by atoms with Crippen LogP contribution in [0.4, 0.5) is 0 Å². The number of benzene rings is 1. The lowest BCUT2D eigenvalue weighted by Crippen LogP contribution is -2.35. The normalized spacial score (nSPS) is 13.0. The molecule has 112 valence electrons. The predicted octanol–water partition coefficient (Wildman–Crippen LogP) is 1.62. The maximum atomic E-state index is 11.7. The van der Waals surface area contributed by atoms with Gasteiger partial charge in [-0.3, -0.25) is 4.79 Å². The Hall–Kier alpha value is -1.59. The van der Waals surface area contributed by atoms with Crippen molar-refractivity contribution in [2.24, 2.45) is 5.73 Å². The first-order chi connectivity index (χ1) is 9.28. The first-order valence-electron chi connectivity index (χ1n) is 6.62. The third-order valence-electron chi connectivity index (χ3n) is 2.56. The van der Waals surface area contributed by atoms with E-state index < -0.39 is 12.0 Å². The lowest BCUT2D eigenvalue weighted by molar-refractivity contribution is -0.148. The molecule has 1 atom stereocenters. The van der Waals surface area contributed by atoms with Gasteiger partial charge in [0.05, 0.1) is 12.2 Å². The van der Waals surface area contributed by atoms with Gasteiger partial charge >= 0.3 is 5.97 Å². The molecule has 20 heavy (non-hydrogen) atoms. The molecule has 5 heteroatoms. The molecule has 0 aliphatic rings. The summed E-state index contributed by atoms with van der Waals surface area (Å²) < 4.78 is 10.5. The van der Waals surface area contributed by atoms with E-state index in [0.29, 0.717) is 13.0 Å². The fourth-order valence-electron chi connectivity index (χ4n) is 1.57. The third-order valence-corrected chi connectivity index (χ3v) is 2.56. The second-order valence-electron chi connectivity index (χ2n) is 5.61. The van der Waals surface area contributed by atoms with Gasteiger partial charge < -0.3 is 20.3 Å². The van der Waals surface area contributed by atoms with Crippen molar-refractivity contribution in [3.05, 3.63) is 29.8 Å². The van der Waals surface area contributed by atoms with Gasteiger partial charge in [-0.25, -0.2) is 0 Å². The quantitative estimate of drug-likeness (QED) is 0.611. The molecule has 0 amide bonds. The first kappa shape index (κ1) is 16.5. The average Bonchev–Trinajstić information content (AvgIpc) is 2.36. The molecular weight excluding hydrogens is 258 g/mol. The number of carbonyl (C=O) groups excluding carboxylic acids is 1. The van der Waals surface area contributed by atoms with E-state index in [-0.39, 0.29) is 18.0 Å². The summed E-state index contributed by atoms with van der Waals surface area (Å²) in [5.74, 6) is -0.264. The molecule has 0 heterocycles. The van der Waals surface area contributed by atoms with Gasteiger partial charge in [0.1, 0.15) is 18.4 Å². The maximum absolute atomic E-state index is 11.7. The highest BCUT2D eigenvalue weighted by Gasteiger charge is 2.16. The molecule has 0 spiro atoms. The van der Waals surface area contributed by atoms with Crippen molar-refractivity contribution in [1.29, 1.82) is 0 Å². The molecule has 1 unspecified atom stereocenters. The number of phenols is 1. The topological polar surface area (TPSA) is 81.8 Å². The Kier molecular flexibility index (Phi) is 5.98. The highest BCUT2D eigenvalue weighted by molar-refractivity contribution is 5.75. The lowest BCUT2D eigenvalue weighted by atomic mass is 10.1. The van der Waals surface area contributed by atoms with E-state index in [1.165, 1.54) is 0 Å². The lowest BCUT2D eigenvalue weighted by Gasteiger charge is -2.19. The van der Waals surface area contributed by atoms with Gasteiger partial charge in [-0.15, -0.1) is 0 Å². The number of phenolic OH excluding ortho intramolecular Hbond substituents is 1. The summed E-state index contributed by atoms with van der Waals surface area (Å²) in [6.45, 7) is 6.35. The van der Waals surface area contributed by atoms with Crippen molar-refractivity contribution in [3.63, 3.8) is 0 Å². The summed E-state index contributed by atoms with van der Waals surface area (Å²) in [7, 11) is 0. The molecule has 5 nitrogen and oxygen atoms in total. The molecule has 1 aromatic rings. The minimum Gasteiger partial charge on any atom is -0.508 e. The van der Waals surface area contributed by atoms with Crippen molar-refractivity contribution in [3.8, 4) is 5.75 Å². The number of esters is 1. The van der Waals surface area contributed by atoms with Crippen LogP contribution in [0.2, 0.25) is 0 Å². The van der Waals surface area contributed by atoms with E-state index in [2.05, 4.69) is 0 Å². The zero-order chi connectivity index (χ0) is 15.2. The summed E-state index contributed by atoms with van der Waals surface area (Å²) in [5, 5.41) is 9.17. The number of nitrogens with two attached hydrogens (primary N) is 1. The molecule has 3 N–H and O–H groups in total. The van der Waals surface area contributed by atoms with E-state index >= 15 is 0 Å². The fourth-order valence-corrected chi connectivity index (χ4v) is 1.57. The van der Waals surface area contributed by atoms with Crippen LogP contribution in [-0.2, 0) is 20.7 Å². The highest BCUT2D eigenvalue weighted by Crippen LogP contribution is 2.11. The zero-order valence-electron chi connectivity index (χ0n) is 12.3. The molecule has 1 rings (SSSR count). The smallest absolute Gasteiger partial charge is 0.323 e. The summed E-state index contributed by atoms with van der Waals surface area (Å²) in [6, 6.07) is 5.86. The number of rotatable bonds is 6. The molecule has 0 saturated carbocycles. The zero-order valence-corrected chi connectivity index (χ0v) is 12.3. The number of ether oxygens (including phenoxy) is 2. The molecule has 0 aliphatic heterocycles. The van der Waals surface area contributed by atoms with Crippen LogP contribution in [0.1, 0.15) is 26.3 Å². The second kappa shape index (κ2) is 7.26. The van der Waals surface area contributed by atoms with E-state index in [1.54, 1.807) is 24.3 Å². The van der Waals surface area contributed by atoms with Crippen molar-refractivity contribution >= 4 is 5.97 Å². The number of hydrogen-bond donors (Lipinski definition) is 2. The van der Waals surface area contributed by atoms with Crippen LogP contribution in [0.3, 0.4) is 0 Å². The van der Waals surface area contributed by atoms with E-state index in [1.807, 2.05) is 20.8 Å². The van der Waals surface area contributed by atoms with E-state index in [4.69, 9.17) is 15.2 Å². The molecule has 0 aliphatic carbocycles. The van der Waals surface area contributed by atoms with Gasteiger partial charge in [0, 0.05) is 0 Å². The standard InChI is InChI=1S/C15H23NO4/c1-15(2,3)20-9-8-19-14(18)13(16)10-11-4-6-12(17)7-5-11/h4-7,13,17H,8-10,16H2,1-3H3. The molecule has 0 radical (unpaired) electrons. The Morgan fingerprint density at radius 1 is 1.25 bits per heavy atom. The van der Waals surface area contributed by atoms with E-state index in [9.17, 15) is 9.90 Å². The average molecular weight is 281 g/mol. The van der Waals surface area contributed by atoms with Crippen LogP contribution in [-0.4, -0.2) is 35.9 Å². The van der Waals surface area contributed by atoms with Gasteiger partial charge in [-0.1, -0.05) is 12.1 Å². The SMILES string of the molecule is CC(C)(C)OCCOC(=O)C(N)Cc1ccc(O)cc1. The van der Waals surface area contributed by atoms with Crippen LogP contribution in [0, 0.1) is 0 Å². The van der Waals surface area contributed by atoms with Crippen molar-refractivity contribution in [1.82, 2.24) is 0 Å². The van der Waals surface area contributed by atoms with Crippen LogP contribution >= 0.6 is 0 Å². The van der Waals surface area contributed by atoms with Gasteiger partial charge in [0.15, 0.2) is 0 Å². The maximum Gasteiger partial charge on any atom is 0.323 e. The summed E-state index contributed by atoms with van der Waals surface area (Å²) >= 11 is 0. The van der Waals surface area contributed by atoms with Crippen molar-refractivity contribution in [2.75, 3.05) is 13.2 Å². The number of aromatic hydroxyl groups is 1. The molecule has 0 bridgehead atoms. The minimum absolute atomic E-state index is 0.184. The Labute approximate surface area is 119 Å². The third kappa shape index (κ3) is 6.54. The summed E-state index contributed by atoms with van der Waals surface area (Å²) in [4.78, 5) is 11.7. The monoisotopic (exact) mass is 281 g/mol. The first-order valence-corrected chi connectivity index (χ1v) is 6.62. The van der Waals surface area contributed by atoms with Gasteiger partial charge in [0.2, 0.25) is 0 Å². The van der Waals surface area contributed by atoms with Crippen LogP contribution in [0.15, 0.2) is 24.3 Å². The fraction of sp³-hybridized carbons (Fsp3) is 0.533. The Morgan fingerprint density at radius 2 is 1.85 bits per heavy atom. The van der Waals surface area contributed by atoms with Crippen molar-refractivity contribution < 1.29 is 19.4 Å². The number of carbonyl (C=O) groups is 1. The highest BCUT2D eigenvalue weighted by atomic mass is 16.6. The van der Waals surface area contributed by atoms with Gasteiger partial charge in [0.25, 0.3) is 0 Å². The molecule has 0 fully saturated rings. The van der Waals surface area contributed by atoms with Crippen LogP contribution in [0.5, 0.6) is 5.75 Å². The molecule has 1 aromatic carbocycles. The minimum atomic E-state index is -0.714. The largest absolute Gasteiger partial charge is 0.508 e. The molecule has 0 aromatic heterocycles. The number of hydrogen-bond acceptors (Lipinski definition) is 5. The van der Waals surface area contributed by atoms with Gasteiger partial charge in [-0.05, 0) is 44.9 Å². The van der Waals surface area contributed by atoms with E-state index in [0.717, 1.165) is 5.56 Å². The van der Waals surface area contributed by atoms with Gasteiger partial charge in [-0.2, -0.15) is 0 Å². The van der Waals surface area contributed by atoms with Crippen LogP contribution < -0.4 is 5.73 Å².